The van der Waals surface area contributed by atoms with E-state index in [9.17, 15) is 0 Å². The highest BCUT2D eigenvalue weighted by atomic mass is 32.2. The predicted molar refractivity (Wildman–Crippen MR) is 102 cm³/mol. The standard InChI is InChI=1S/C21H22N2OS/c1-3-9-16(10-4-1)20-22-24-21(18-12-5-2-6-13-18)23(20)15-17-11-7-8-14-19(17)25-21/h1-6,9-10,12-13,17,19H,7-8,11,14-15H2/t17-,19-,21+/m0/s1. The predicted octanol–water partition coefficient (Wildman–Crippen LogP) is 4.80. The maximum absolute atomic E-state index is 6.22. The Bertz CT molecular complexity index is 779. The first-order valence-corrected chi connectivity index (χ1v) is 10.1. The van der Waals surface area contributed by atoms with E-state index >= 15 is 0 Å². The molecule has 3 atom stereocenters. The number of hydrogen-bond acceptors (Lipinski definition) is 4. The van der Waals surface area contributed by atoms with E-state index in [0.29, 0.717) is 5.25 Å². The minimum atomic E-state index is -0.509. The van der Waals surface area contributed by atoms with E-state index in [1.807, 2.05) is 17.8 Å². The topological polar surface area (TPSA) is 24.8 Å². The van der Waals surface area contributed by atoms with Gasteiger partial charge in [0.05, 0.1) is 0 Å². The molecule has 0 N–H and O–H groups in total. The van der Waals surface area contributed by atoms with Crippen LogP contribution < -0.4 is 0 Å². The summed E-state index contributed by atoms with van der Waals surface area (Å²) in [5.41, 5.74) is 2.33. The van der Waals surface area contributed by atoms with Crippen molar-refractivity contribution in [2.75, 3.05) is 6.54 Å². The fraction of sp³-hybridized carbons (Fsp3) is 0.381. The second-order valence-electron chi connectivity index (χ2n) is 7.13. The van der Waals surface area contributed by atoms with Crippen LogP contribution in [0, 0.1) is 5.92 Å². The number of thioether (sulfide) groups is 1. The Morgan fingerprint density at radius 1 is 0.960 bits per heavy atom. The number of oxime groups is 1. The SMILES string of the molecule is c1ccc(C2=NO[C@]3(c4ccccc4)S[C@H]4CCCC[C@H]4CN23)cc1. The zero-order chi connectivity index (χ0) is 16.7. The second-order valence-corrected chi connectivity index (χ2v) is 8.53. The summed E-state index contributed by atoms with van der Waals surface area (Å²) in [6, 6.07) is 21.0. The summed E-state index contributed by atoms with van der Waals surface area (Å²) in [7, 11) is 0. The van der Waals surface area contributed by atoms with Gasteiger partial charge in [0.25, 0.3) is 5.06 Å². The Labute approximate surface area is 153 Å². The molecule has 1 saturated heterocycles. The molecule has 3 nitrogen and oxygen atoms in total. The first-order valence-electron chi connectivity index (χ1n) is 9.19. The van der Waals surface area contributed by atoms with Crippen molar-refractivity contribution in [3.05, 3.63) is 71.8 Å². The van der Waals surface area contributed by atoms with Crippen molar-refractivity contribution >= 4 is 17.6 Å². The fourth-order valence-corrected chi connectivity index (χ4v) is 6.08. The van der Waals surface area contributed by atoms with Crippen LogP contribution in [0.1, 0.15) is 36.8 Å². The number of rotatable bonds is 2. The molecule has 5 rings (SSSR count). The lowest BCUT2D eigenvalue weighted by Crippen LogP contribution is -2.53. The summed E-state index contributed by atoms with van der Waals surface area (Å²) in [6.07, 6.45) is 5.31. The van der Waals surface area contributed by atoms with E-state index < -0.39 is 5.06 Å². The third-order valence-electron chi connectivity index (χ3n) is 5.60. The van der Waals surface area contributed by atoms with Crippen LogP contribution >= 0.6 is 11.8 Å². The minimum Gasteiger partial charge on any atom is -0.348 e. The van der Waals surface area contributed by atoms with Gasteiger partial charge in [-0.3, -0.25) is 0 Å². The van der Waals surface area contributed by atoms with Crippen molar-refractivity contribution < 1.29 is 4.84 Å². The number of amidine groups is 1. The fourth-order valence-electron chi connectivity index (χ4n) is 4.33. The summed E-state index contributed by atoms with van der Waals surface area (Å²) < 4.78 is 0. The van der Waals surface area contributed by atoms with Gasteiger partial charge in [0.1, 0.15) is 0 Å². The lowest BCUT2D eigenvalue weighted by Gasteiger charge is -2.48. The first kappa shape index (κ1) is 15.3. The number of nitrogens with zero attached hydrogens (tertiary/aromatic N) is 2. The van der Waals surface area contributed by atoms with Gasteiger partial charge < -0.3 is 9.74 Å². The van der Waals surface area contributed by atoms with Crippen molar-refractivity contribution in [2.24, 2.45) is 11.1 Å². The van der Waals surface area contributed by atoms with Gasteiger partial charge in [-0.1, -0.05) is 90.4 Å². The zero-order valence-electron chi connectivity index (χ0n) is 14.2. The van der Waals surface area contributed by atoms with E-state index in [0.717, 1.165) is 23.9 Å². The molecular weight excluding hydrogens is 328 g/mol. The molecule has 0 bridgehead atoms. The van der Waals surface area contributed by atoms with Crippen molar-refractivity contribution in [3.8, 4) is 0 Å². The van der Waals surface area contributed by atoms with E-state index in [4.69, 9.17) is 4.84 Å². The van der Waals surface area contributed by atoms with Gasteiger partial charge in [-0.25, -0.2) is 0 Å². The van der Waals surface area contributed by atoms with Crippen LogP contribution in [0.2, 0.25) is 0 Å². The van der Waals surface area contributed by atoms with Crippen LogP contribution in [-0.4, -0.2) is 22.5 Å². The van der Waals surface area contributed by atoms with Gasteiger partial charge in [0.2, 0.25) is 0 Å². The number of hydrogen-bond donors (Lipinski definition) is 0. The molecule has 3 aliphatic rings. The van der Waals surface area contributed by atoms with Crippen LogP contribution in [-0.2, 0) is 9.89 Å². The highest BCUT2D eigenvalue weighted by molar-refractivity contribution is 8.00. The Hall–Kier alpha value is -1.94. The molecule has 0 unspecified atom stereocenters. The van der Waals surface area contributed by atoms with E-state index in [1.165, 1.54) is 31.2 Å². The summed E-state index contributed by atoms with van der Waals surface area (Å²) in [6.45, 7) is 1.03. The third kappa shape index (κ3) is 2.46. The molecule has 0 spiro atoms. The Balaban J connectivity index is 1.58. The molecule has 2 aromatic rings. The summed E-state index contributed by atoms with van der Waals surface area (Å²) in [5, 5.41) is 4.73. The van der Waals surface area contributed by atoms with E-state index in [1.54, 1.807) is 0 Å². The molecule has 2 heterocycles. The Kier molecular flexibility index (Phi) is 3.74. The smallest absolute Gasteiger partial charge is 0.285 e. The molecule has 25 heavy (non-hydrogen) atoms. The lowest BCUT2D eigenvalue weighted by atomic mass is 9.87. The molecule has 0 amide bonds. The third-order valence-corrected chi connectivity index (χ3v) is 7.38. The summed E-state index contributed by atoms with van der Waals surface area (Å²) in [5.74, 6) is 1.70. The Morgan fingerprint density at radius 3 is 2.48 bits per heavy atom. The van der Waals surface area contributed by atoms with Gasteiger partial charge in [-0.05, 0) is 18.8 Å². The monoisotopic (exact) mass is 350 g/mol. The van der Waals surface area contributed by atoms with Crippen LogP contribution in [0.5, 0.6) is 0 Å². The first-order chi connectivity index (χ1) is 12.4. The van der Waals surface area contributed by atoms with Gasteiger partial charge >= 0.3 is 0 Å². The van der Waals surface area contributed by atoms with Crippen molar-refractivity contribution in [1.29, 1.82) is 0 Å². The maximum Gasteiger partial charge on any atom is 0.285 e. The van der Waals surface area contributed by atoms with Crippen LogP contribution in [0.15, 0.2) is 65.8 Å². The van der Waals surface area contributed by atoms with Gasteiger partial charge in [-0.15, -0.1) is 0 Å². The van der Waals surface area contributed by atoms with Crippen molar-refractivity contribution in [3.63, 3.8) is 0 Å². The lowest BCUT2D eigenvalue weighted by molar-refractivity contribution is -0.0400. The minimum absolute atomic E-state index is 0.509. The molecule has 1 aliphatic carbocycles. The average molecular weight is 350 g/mol. The quantitative estimate of drug-likeness (QED) is 0.778. The van der Waals surface area contributed by atoms with E-state index in [-0.39, 0.29) is 0 Å². The normalized spacial score (nSPS) is 30.9. The number of fused-ring (bicyclic) bond motifs is 2. The van der Waals surface area contributed by atoms with Crippen LogP contribution in [0.4, 0.5) is 0 Å². The Morgan fingerprint density at radius 2 is 1.68 bits per heavy atom. The van der Waals surface area contributed by atoms with Crippen LogP contribution in [0.3, 0.4) is 0 Å². The maximum atomic E-state index is 6.22. The molecular formula is C21H22N2OS. The average Bonchev–Trinajstić information content (AvgIpc) is 3.07. The zero-order valence-corrected chi connectivity index (χ0v) is 15.0. The molecule has 2 aromatic carbocycles. The highest BCUT2D eigenvalue weighted by Crippen LogP contribution is 2.55. The summed E-state index contributed by atoms with van der Waals surface area (Å²) in [4.78, 5) is 8.63. The highest BCUT2D eigenvalue weighted by Gasteiger charge is 2.55. The molecule has 2 fully saturated rings. The summed E-state index contributed by atoms with van der Waals surface area (Å²) >= 11 is 1.97. The molecule has 4 heteroatoms. The second kappa shape index (κ2) is 6.10. The number of benzene rings is 2. The molecule has 2 aliphatic heterocycles. The van der Waals surface area contributed by atoms with E-state index in [2.05, 4.69) is 64.7 Å². The van der Waals surface area contributed by atoms with Gasteiger partial charge in [-0.2, -0.15) is 0 Å². The van der Waals surface area contributed by atoms with Gasteiger partial charge in [0, 0.05) is 22.9 Å². The molecule has 0 radical (unpaired) electrons. The van der Waals surface area contributed by atoms with Crippen LogP contribution in [0.25, 0.3) is 0 Å². The molecule has 0 aromatic heterocycles. The molecule has 1 saturated carbocycles. The largest absolute Gasteiger partial charge is 0.348 e. The van der Waals surface area contributed by atoms with Gasteiger partial charge in [0.15, 0.2) is 5.84 Å². The van der Waals surface area contributed by atoms with Crippen molar-refractivity contribution in [2.45, 2.75) is 36.0 Å². The molecule has 128 valence electrons. The van der Waals surface area contributed by atoms with Crippen molar-refractivity contribution in [1.82, 2.24) is 4.90 Å².